The monoisotopic (exact) mass is 233 g/mol. The summed E-state index contributed by atoms with van der Waals surface area (Å²) in [6.07, 6.45) is 14.8. The fourth-order valence-electron chi connectivity index (χ4n) is 1.96. The predicted octanol–water partition coefficient (Wildman–Crippen LogP) is 4.17. The van der Waals surface area contributed by atoms with Crippen molar-refractivity contribution in [2.45, 2.75) is 46.5 Å². The SMILES string of the molecule is C#C/C=C\C(=C/C)C(=NO)C(CCC)CCC. The van der Waals surface area contributed by atoms with E-state index in [1.807, 2.05) is 19.1 Å². The second-order valence-corrected chi connectivity index (χ2v) is 4.00. The highest BCUT2D eigenvalue weighted by molar-refractivity contribution is 6.03. The van der Waals surface area contributed by atoms with Crippen LogP contribution < -0.4 is 0 Å². The van der Waals surface area contributed by atoms with Gasteiger partial charge < -0.3 is 5.21 Å². The van der Waals surface area contributed by atoms with Crippen LogP contribution in [0.25, 0.3) is 0 Å². The van der Waals surface area contributed by atoms with Crippen LogP contribution in [0.15, 0.2) is 29.0 Å². The first-order chi connectivity index (χ1) is 8.24. The first-order valence-electron chi connectivity index (χ1n) is 6.26. The van der Waals surface area contributed by atoms with Gasteiger partial charge in [0.25, 0.3) is 0 Å². The number of hydrogen-bond donors (Lipinski definition) is 1. The maximum atomic E-state index is 9.21. The lowest BCUT2D eigenvalue weighted by molar-refractivity contribution is 0.313. The quantitative estimate of drug-likeness (QED) is 0.231. The number of oxime groups is 1. The minimum absolute atomic E-state index is 0.309. The molecule has 0 aliphatic carbocycles. The number of hydrogen-bond acceptors (Lipinski definition) is 2. The first-order valence-corrected chi connectivity index (χ1v) is 6.26. The van der Waals surface area contributed by atoms with E-state index in [0.29, 0.717) is 5.92 Å². The van der Waals surface area contributed by atoms with E-state index in [-0.39, 0.29) is 0 Å². The number of nitrogens with zero attached hydrogens (tertiary/aromatic N) is 1. The summed E-state index contributed by atoms with van der Waals surface area (Å²) >= 11 is 0. The van der Waals surface area contributed by atoms with E-state index in [1.54, 1.807) is 6.08 Å². The molecule has 0 heterocycles. The van der Waals surface area contributed by atoms with Gasteiger partial charge in [-0.1, -0.05) is 43.8 Å². The third-order valence-corrected chi connectivity index (χ3v) is 2.73. The summed E-state index contributed by atoms with van der Waals surface area (Å²) < 4.78 is 0. The Kier molecular flexibility index (Phi) is 8.86. The molecule has 0 saturated heterocycles. The maximum absolute atomic E-state index is 9.21. The van der Waals surface area contributed by atoms with Gasteiger partial charge in [0.1, 0.15) is 0 Å². The van der Waals surface area contributed by atoms with Crippen LogP contribution in [0.5, 0.6) is 0 Å². The van der Waals surface area contributed by atoms with Gasteiger partial charge in [0.2, 0.25) is 0 Å². The van der Waals surface area contributed by atoms with Crippen molar-refractivity contribution in [2.75, 3.05) is 0 Å². The van der Waals surface area contributed by atoms with Gasteiger partial charge in [0, 0.05) is 5.92 Å². The Balaban J connectivity index is 5.01. The predicted molar refractivity (Wildman–Crippen MR) is 74.3 cm³/mol. The van der Waals surface area contributed by atoms with Crippen LogP contribution >= 0.6 is 0 Å². The highest BCUT2D eigenvalue weighted by atomic mass is 16.4. The molecule has 0 aliphatic rings. The molecular weight excluding hydrogens is 210 g/mol. The number of terminal acetylenes is 1. The van der Waals surface area contributed by atoms with Gasteiger partial charge in [-0.25, -0.2) is 0 Å². The smallest absolute Gasteiger partial charge is 0.0895 e. The van der Waals surface area contributed by atoms with Crippen molar-refractivity contribution in [3.05, 3.63) is 23.8 Å². The normalized spacial score (nSPS) is 13.4. The fraction of sp³-hybridized carbons (Fsp3) is 0.533. The lowest BCUT2D eigenvalue weighted by Crippen LogP contribution is -2.16. The highest BCUT2D eigenvalue weighted by Crippen LogP contribution is 2.20. The van der Waals surface area contributed by atoms with Crippen LogP contribution in [0, 0.1) is 18.3 Å². The Morgan fingerprint density at radius 1 is 1.35 bits per heavy atom. The minimum atomic E-state index is 0.309. The van der Waals surface area contributed by atoms with Crippen molar-refractivity contribution in [3.8, 4) is 12.3 Å². The zero-order valence-electron chi connectivity index (χ0n) is 11.1. The molecule has 0 aromatic rings. The lowest BCUT2D eigenvalue weighted by Gasteiger charge is -2.17. The molecule has 0 aromatic carbocycles. The van der Waals surface area contributed by atoms with Crippen LogP contribution in [-0.2, 0) is 0 Å². The van der Waals surface area contributed by atoms with Crippen LogP contribution in [-0.4, -0.2) is 10.9 Å². The molecule has 2 nitrogen and oxygen atoms in total. The van der Waals surface area contributed by atoms with Crippen LogP contribution in [0.1, 0.15) is 46.5 Å². The zero-order chi connectivity index (χ0) is 13.1. The molecular formula is C15H23NO. The second kappa shape index (κ2) is 9.72. The molecule has 0 saturated carbocycles. The van der Waals surface area contributed by atoms with E-state index in [1.165, 1.54) is 0 Å². The van der Waals surface area contributed by atoms with Gasteiger partial charge in [0.05, 0.1) is 5.71 Å². The van der Waals surface area contributed by atoms with Crippen molar-refractivity contribution in [2.24, 2.45) is 11.1 Å². The summed E-state index contributed by atoms with van der Waals surface area (Å²) in [6.45, 7) is 6.21. The van der Waals surface area contributed by atoms with Crippen molar-refractivity contribution < 1.29 is 5.21 Å². The van der Waals surface area contributed by atoms with Gasteiger partial charge in [-0.05, 0) is 37.5 Å². The molecule has 0 bridgehead atoms. The molecule has 0 unspecified atom stereocenters. The molecule has 1 N–H and O–H groups in total. The summed E-state index contributed by atoms with van der Waals surface area (Å²) in [6, 6.07) is 0. The second-order valence-electron chi connectivity index (χ2n) is 4.00. The number of rotatable bonds is 7. The van der Waals surface area contributed by atoms with Gasteiger partial charge >= 0.3 is 0 Å². The number of allylic oxidation sites excluding steroid dienone is 4. The lowest BCUT2D eigenvalue weighted by atomic mass is 9.88. The standard InChI is InChI=1S/C15H23NO/c1-5-9-12-13(8-4)15(16-17)14(10-6-2)11-7-3/h1,8-9,12,14,17H,6-7,10-11H2,2-4H3/b12-9-,13-8+,16-15?. The minimum Gasteiger partial charge on any atom is -0.411 e. The van der Waals surface area contributed by atoms with Crippen molar-refractivity contribution in [1.29, 1.82) is 0 Å². The Bertz CT molecular complexity index is 325. The van der Waals surface area contributed by atoms with Crippen molar-refractivity contribution >= 4 is 5.71 Å². The first kappa shape index (κ1) is 15.5. The summed E-state index contributed by atoms with van der Waals surface area (Å²) in [5, 5.41) is 12.7. The van der Waals surface area contributed by atoms with Gasteiger partial charge in [-0.2, -0.15) is 0 Å². The molecule has 0 atom stereocenters. The summed E-state index contributed by atoms with van der Waals surface area (Å²) in [5.74, 6) is 2.77. The molecule has 0 radical (unpaired) electrons. The Hall–Kier alpha value is -1.49. The van der Waals surface area contributed by atoms with Gasteiger partial charge in [-0.3, -0.25) is 0 Å². The topological polar surface area (TPSA) is 32.6 Å². The maximum Gasteiger partial charge on any atom is 0.0895 e. The van der Waals surface area contributed by atoms with E-state index in [4.69, 9.17) is 6.42 Å². The fourth-order valence-corrected chi connectivity index (χ4v) is 1.96. The Morgan fingerprint density at radius 2 is 1.94 bits per heavy atom. The summed E-state index contributed by atoms with van der Waals surface area (Å²) in [5.41, 5.74) is 1.67. The molecule has 2 heteroatoms. The summed E-state index contributed by atoms with van der Waals surface area (Å²) in [4.78, 5) is 0. The largest absolute Gasteiger partial charge is 0.411 e. The van der Waals surface area contributed by atoms with E-state index in [9.17, 15) is 5.21 Å². The molecule has 0 fully saturated rings. The molecule has 0 spiro atoms. The Morgan fingerprint density at radius 3 is 2.29 bits per heavy atom. The molecule has 17 heavy (non-hydrogen) atoms. The zero-order valence-corrected chi connectivity index (χ0v) is 11.1. The molecule has 0 aromatic heterocycles. The van der Waals surface area contributed by atoms with Gasteiger partial charge in [0.15, 0.2) is 0 Å². The molecule has 0 aliphatic heterocycles. The molecule has 94 valence electrons. The average molecular weight is 233 g/mol. The average Bonchev–Trinajstić information content (AvgIpc) is 2.34. The highest BCUT2D eigenvalue weighted by Gasteiger charge is 2.17. The van der Waals surface area contributed by atoms with Crippen molar-refractivity contribution in [3.63, 3.8) is 0 Å². The van der Waals surface area contributed by atoms with E-state index < -0.39 is 0 Å². The third-order valence-electron chi connectivity index (χ3n) is 2.73. The Labute approximate surface area is 105 Å². The van der Waals surface area contributed by atoms with Gasteiger partial charge in [-0.15, -0.1) is 6.42 Å². The van der Waals surface area contributed by atoms with E-state index in [0.717, 1.165) is 37.0 Å². The van der Waals surface area contributed by atoms with E-state index in [2.05, 4.69) is 24.9 Å². The van der Waals surface area contributed by atoms with E-state index >= 15 is 0 Å². The van der Waals surface area contributed by atoms with Crippen molar-refractivity contribution in [1.82, 2.24) is 0 Å². The molecule has 0 amide bonds. The van der Waals surface area contributed by atoms with Crippen LogP contribution in [0.2, 0.25) is 0 Å². The third kappa shape index (κ3) is 5.40. The van der Waals surface area contributed by atoms with Crippen LogP contribution in [0.4, 0.5) is 0 Å². The van der Waals surface area contributed by atoms with Crippen LogP contribution in [0.3, 0.4) is 0 Å². The molecule has 0 rings (SSSR count). The summed E-state index contributed by atoms with van der Waals surface area (Å²) in [7, 11) is 0.